The van der Waals surface area contributed by atoms with Crippen molar-refractivity contribution in [2.24, 2.45) is 7.05 Å². The molecule has 7 heteroatoms. The number of hydrogen-bond donors (Lipinski definition) is 2. The van der Waals surface area contributed by atoms with Crippen LogP contribution in [0.25, 0.3) is 0 Å². The van der Waals surface area contributed by atoms with Crippen molar-refractivity contribution in [3.05, 3.63) is 64.7 Å². The Balaban J connectivity index is 1.86. The zero-order valence-corrected chi connectivity index (χ0v) is 15.4. The molecule has 128 valence electrons. The molecule has 0 saturated carbocycles. The Morgan fingerprint density at radius 1 is 1.16 bits per heavy atom. The number of nitrogen functional groups attached to an aromatic ring is 1. The number of carbonyl (C=O) groups excluding carboxylic acids is 1. The molecule has 0 atom stereocenters. The van der Waals surface area contributed by atoms with Crippen LogP contribution in [-0.4, -0.2) is 15.7 Å². The smallest absolute Gasteiger partial charge is 0.255 e. The van der Waals surface area contributed by atoms with Gasteiger partial charge in [0.2, 0.25) is 0 Å². The second-order valence-electron chi connectivity index (χ2n) is 5.57. The molecule has 1 heterocycles. The SMILES string of the molecule is Cc1ccc(Sc2nn(C)c(N)c2NC(=O)c2ccc(Cl)cc2)cc1. The molecule has 2 aromatic carbocycles. The van der Waals surface area contributed by atoms with Gasteiger partial charge in [-0.15, -0.1) is 0 Å². The van der Waals surface area contributed by atoms with Crippen LogP contribution in [0.5, 0.6) is 0 Å². The average Bonchev–Trinajstić information content (AvgIpc) is 2.85. The van der Waals surface area contributed by atoms with E-state index < -0.39 is 0 Å². The van der Waals surface area contributed by atoms with Crippen LogP contribution in [0.1, 0.15) is 15.9 Å². The van der Waals surface area contributed by atoms with Crippen molar-refractivity contribution < 1.29 is 4.79 Å². The summed E-state index contributed by atoms with van der Waals surface area (Å²) in [5.74, 6) is 0.138. The van der Waals surface area contributed by atoms with Gasteiger partial charge in [0.1, 0.15) is 16.5 Å². The number of nitrogens with zero attached hydrogens (tertiary/aromatic N) is 2. The lowest BCUT2D eigenvalue weighted by molar-refractivity contribution is 0.102. The molecule has 1 aromatic heterocycles. The molecule has 0 aliphatic heterocycles. The molecule has 5 nitrogen and oxygen atoms in total. The van der Waals surface area contributed by atoms with Gasteiger partial charge in [0, 0.05) is 22.5 Å². The van der Waals surface area contributed by atoms with Crippen LogP contribution in [0.15, 0.2) is 58.5 Å². The number of halogens is 1. The largest absolute Gasteiger partial charge is 0.382 e. The summed E-state index contributed by atoms with van der Waals surface area (Å²) in [5.41, 5.74) is 8.27. The lowest BCUT2D eigenvalue weighted by Crippen LogP contribution is -2.13. The van der Waals surface area contributed by atoms with Crippen LogP contribution in [0, 0.1) is 6.92 Å². The molecule has 3 aromatic rings. The van der Waals surface area contributed by atoms with Crippen LogP contribution in [0.2, 0.25) is 5.02 Å². The third-order valence-corrected chi connectivity index (χ3v) is 4.88. The number of carbonyl (C=O) groups is 1. The maximum absolute atomic E-state index is 12.5. The van der Waals surface area contributed by atoms with Crippen molar-refractivity contribution >= 4 is 40.8 Å². The molecule has 1 amide bonds. The summed E-state index contributed by atoms with van der Waals surface area (Å²) in [6.07, 6.45) is 0. The lowest BCUT2D eigenvalue weighted by atomic mass is 10.2. The number of rotatable bonds is 4. The maximum atomic E-state index is 12.5. The fraction of sp³-hybridized carbons (Fsp3) is 0.111. The van der Waals surface area contributed by atoms with E-state index in [0.717, 1.165) is 4.90 Å². The standard InChI is InChI=1S/C18H17ClN4OS/c1-11-3-9-14(10-4-11)25-18-15(16(20)23(2)22-18)21-17(24)12-5-7-13(19)8-6-12/h3-10H,20H2,1-2H3,(H,21,24). The third kappa shape index (κ3) is 3.97. The fourth-order valence-corrected chi connectivity index (χ4v) is 3.25. The van der Waals surface area contributed by atoms with E-state index in [1.165, 1.54) is 17.3 Å². The van der Waals surface area contributed by atoms with E-state index in [2.05, 4.69) is 10.4 Å². The number of amides is 1. The number of nitrogens with two attached hydrogens (primary N) is 1. The molecule has 0 radical (unpaired) electrons. The molecule has 3 N–H and O–H groups in total. The van der Waals surface area contributed by atoms with E-state index in [4.69, 9.17) is 17.3 Å². The molecular formula is C18H17ClN4OS. The van der Waals surface area contributed by atoms with Gasteiger partial charge in [-0.2, -0.15) is 5.10 Å². The zero-order valence-electron chi connectivity index (χ0n) is 13.8. The molecule has 0 aliphatic carbocycles. The first-order valence-corrected chi connectivity index (χ1v) is 8.77. The molecule has 3 rings (SSSR count). The number of nitrogens with one attached hydrogen (secondary N) is 1. The van der Waals surface area contributed by atoms with Crippen LogP contribution >= 0.6 is 23.4 Å². The van der Waals surface area contributed by atoms with Crippen LogP contribution < -0.4 is 11.1 Å². The summed E-state index contributed by atoms with van der Waals surface area (Å²) in [6, 6.07) is 14.7. The van der Waals surface area contributed by atoms with E-state index in [-0.39, 0.29) is 5.91 Å². The predicted octanol–water partition coefficient (Wildman–Crippen LogP) is 4.37. The first kappa shape index (κ1) is 17.4. The van der Waals surface area contributed by atoms with Gasteiger partial charge in [-0.25, -0.2) is 0 Å². The number of benzene rings is 2. The topological polar surface area (TPSA) is 72.9 Å². The molecule has 0 bridgehead atoms. The Morgan fingerprint density at radius 2 is 1.80 bits per heavy atom. The summed E-state index contributed by atoms with van der Waals surface area (Å²) in [6.45, 7) is 2.03. The van der Waals surface area contributed by atoms with Gasteiger partial charge in [0.05, 0.1) is 0 Å². The Labute approximate surface area is 155 Å². The van der Waals surface area contributed by atoms with Crippen molar-refractivity contribution in [1.29, 1.82) is 0 Å². The molecule has 0 aliphatic rings. The highest BCUT2D eigenvalue weighted by Crippen LogP contribution is 2.36. The van der Waals surface area contributed by atoms with Crippen molar-refractivity contribution in [3.8, 4) is 0 Å². The Hall–Kier alpha value is -2.44. The highest BCUT2D eigenvalue weighted by Gasteiger charge is 2.18. The maximum Gasteiger partial charge on any atom is 0.255 e. The molecule has 0 saturated heterocycles. The van der Waals surface area contributed by atoms with Crippen molar-refractivity contribution in [2.75, 3.05) is 11.1 Å². The van der Waals surface area contributed by atoms with Gasteiger partial charge in [-0.1, -0.05) is 41.1 Å². The van der Waals surface area contributed by atoms with E-state index in [1.807, 2.05) is 31.2 Å². The Kier molecular flexibility index (Phi) is 5.01. The van der Waals surface area contributed by atoms with Gasteiger partial charge in [0.15, 0.2) is 0 Å². The first-order valence-electron chi connectivity index (χ1n) is 7.58. The minimum absolute atomic E-state index is 0.262. The van der Waals surface area contributed by atoms with E-state index in [9.17, 15) is 4.79 Å². The quantitative estimate of drug-likeness (QED) is 0.713. The summed E-state index contributed by atoms with van der Waals surface area (Å²) in [7, 11) is 1.74. The van der Waals surface area contributed by atoms with Crippen molar-refractivity contribution in [1.82, 2.24) is 9.78 Å². The highest BCUT2D eigenvalue weighted by atomic mass is 35.5. The zero-order chi connectivity index (χ0) is 18.0. The van der Waals surface area contributed by atoms with E-state index in [0.29, 0.717) is 27.1 Å². The average molecular weight is 373 g/mol. The van der Waals surface area contributed by atoms with Gasteiger partial charge in [0.25, 0.3) is 5.91 Å². The number of anilines is 2. The van der Waals surface area contributed by atoms with Gasteiger partial charge < -0.3 is 11.1 Å². The van der Waals surface area contributed by atoms with Gasteiger partial charge in [-0.05, 0) is 43.3 Å². The summed E-state index contributed by atoms with van der Waals surface area (Å²) in [4.78, 5) is 13.5. The minimum Gasteiger partial charge on any atom is -0.382 e. The summed E-state index contributed by atoms with van der Waals surface area (Å²) < 4.78 is 1.55. The molecule has 0 unspecified atom stereocenters. The normalized spacial score (nSPS) is 10.7. The summed E-state index contributed by atoms with van der Waals surface area (Å²) in [5, 5.41) is 8.48. The molecule has 0 spiro atoms. The van der Waals surface area contributed by atoms with Crippen molar-refractivity contribution in [3.63, 3.8) is 0 Å². The highest BCUT2D eigenvalue weighted by molar-refractivity contribution is 7.99. The second kappa shape index (κ2) is 7.21. The molecular weight excluding hydrogens is 356 g/mol. The molecule has 25 heavy (non-hydrogen) atoms. The third-order valence-electron chi connectivity index (χ3n) is 3.64. The van der Waals surface area contributed by atoms with Crippen molar-refractivity contribution in [2.45, 2.75) is 16.8 Å². The minimum atomic E-state index is -0.262. The number of aryl methyl sites for hydroxylation is 2. The lowest BCUT2D eigenvalue weighted by Gasteiger charge is -2.07. The Morgan fingerprint density at radius 3 is 2.44 bits per heavy atom. The number of hydrogen-bond acceptors (Lipinski definition) is 4. The summed E-state index contributed by atoms with van der Waals surface area (Å²) >= 11 is 7.31. The second-order valence-corrected chi connectivity index (χ2v) is 7.06. The first-order chi connectivity index (χ1) is 11.9. The van der Waals surface area contributed by atoms with Crippen LogP contribution in [0.4, 0.5) is 11.5 Å². The number of aromatic nitrogens is 2. The monoisotopic (exact) mass is 372 g/mol. The molecule has 0 fully saturated rings. The van der Waals surface area contributed by atoms with Gasteiger partial charge in [-0.3, -0.25) is 9.48 Å². The Bertz CT molecular complexity index is 904. The van der Waals surface area contributed by atoms with Gasteiger partial charge >= 0.3 is 0 Å². The fourth-order valence-electron chi connectivity index (χ4n) is 2.21. The van der Waals surface area contributed by atoms with Crippen LogP contribution in [-0.2, 0) is 7.05 Å². The van der Waals surface area contributed by atoms with Crippen LogP contribution in [0.3, 0.4) is 0 Å². The predicted molar refractivity (Wildman–Crippen MR) is 102 cm³/mol. The van der Waals surface area contributed by atoms with E-state index >= 15 is 0 Å². The van der Waals surface area contributed by atoms with E-state index in [1.54, 1.807) is 36.0 Å².